The molecule has 0 fully saturated rings. The number of methoxy groups -OCH3 is 1. The van der Waals surface area contributed by atoms with Gasteiger partial charge < -0.3 is 14.9 Å². The summed E-state index contributed by atoms with van der Waals surface area (Å²) in [5.41, 5.74) is 0.235. The maximum atomic E-state index is 10.5. The highest BCUT2D eigenvalue weighted by molar-refractivity contribution is 6.32. The van der Waals surface area contributed by atoms with Gasteiger partial charge in [0.1, 0.15) is 5.75 Å². The van der Waals surface area contributed by atoms with Crippen LogP contribution in [0, 0.1) is 0 Å². The minimum Gasteiger partial charge on any atom is -0.495 e. The van der Waals surface area contributed by atoms with Crippen LogP contribution < -0.4 is 4.74 Å². The molecule has 4 nitrogen and oxygen atoms in total. The number of carboxylic acid groups (broad SMARTS) is 1. The van der Waals surface area contributed by atoms with Gasteiger partial charge in [-0.1, -0.05) is 17.7 Å². The standard InChI is InChI=1S/C9H9ClO4/c1-14-7-4-5(2-3-6(7)10)8(11)9(12)13/h2-4,8,11H,1H3,(H,12,13). The Bertz CT molecular complexity index is 351. The van der Waals surface area contributed by atoms with Crippen molar-refractivity contribution in [3.63, 3.8) is 0 Å². The molecule has 14 heavy (non-hydrogen) atoms. The van der Waals surface area contributed by atoms with Gasteiger partial charge in [-0.05, 0) is 17.7 Å². The van der Waals surface area contributed by atoms with Crippen molar-refractivity contribution in [1.29, 1.82) is 0 Å². The molecule has 1 rings (SSSR count). The van der Waals surface area contributed by atoms with Crippen LogP contribution in [0.25, 0.3) is 0 Å². The Hall–Kier alpha value is -1.26. The summed E-state index contributed by atoms with van der Waals surface area (Å²) in [5.74, 6) is -0.973. The number of aliphatic hydroxyl groups excluding tert-OH is 1. The molecule has 0 aromatic heterocycles. The number of hydrogen-bond acceptors (Lipinski definition) is 3. The highest BCUT2D eigenvalue weighted by Crippen LogP contribution is 2.27. The van der Waals surface area contributed by atoms with Crippen molar-refractivity contribution in [3.05, 3.63) is 28.8 Å². The lowest BCUT2D eigenvalue weighted by atomic mass is 10.1. The van der Waals surface area contributed by atoms with Crippen LogP contribution >= 0.6 is 11.6 Å². The lowest BCUT2D eigenvalue weighted by molar-refractivity contribution is -0.146. The lowest BCUT2D eigenvalue weighted by Crippen LogP contribution is -2.10. The van der Waals surface area contributed by atoms with Gasteiger partial charge in [-0.15, -0.1) is 0 Å². The summed E-state index contributed by atoms with van der Waals surface area (Å²) in [6, 6.07) is 4.30. The molecule has 0 heterocycles. The molecule has 0 bridgehead atoms. The first-order valence-corrected chi connectivity index (χ1v) is 4.18. The monoisotopic (exact) mass is 216 g/mol. The van der Waals surface area contributed by atoms with Crippen LogP contribution in [0.15, 0.2) is 18.2 Å². The lowest BCUT2D eigenvalue weighted by Gasteiger charge is -2.08. The van der Waals surface area contributed by atoms with Crippen molar-refractivity contribution in [2.75, 3.05) is 7.11 Å². The molecule has 0 aliphatic rings. The molecule has 0 amide bonds. The van der Waals surface area contributed by atoms with Crippen molar-refractivity contribution in [1.82, 2.24) is 0 Å². The number of rotatable bonds is 3. The van der Waals surface area contributed by atoms with Gasteiger partial charge in [-0.3, -0.25) is 0 Å². The predicted octanol–water partition coefficient (Wildman–Crippen LogP) is 1.47. The van der Waals surface area contributed by atoms with Crippen LogP contribution in [0.2, 0.25) is 5.02 Å². The number of aliphatic hydroxyl groups is 1. The van der Waals surface area contributed by atoms with E-state index in [1.54, 1.807) is 0 Å². The maximum absolute atomic E-state index is 10.5. The summed E-state index contributed by atoms with van der Waals surface area (Å²) in [5, 5.41) is 18.1. The summed E-state index contributed by atoms with van der Waals surface area (Å²) < 4.78 is 4.88. The number of carbonyl (C=O) groups is 1. The van der Waals surface area contributed by atoms with E-state index in [4.69, 9.17) is 21.4 Å². The third kappa shape index (κ3) is 2.16. The van der Waals surface area contributed by atoms with Crippen molar-refractivity contribution in [2.45, 2.75) is 6.10 Å². The molecule has 1 aromatic rings. The minimum atomic E-state index is -1.55. The van der Waals surface area contributed by atoms with Crippen LogP contribution in [0.3, 0.4) is 0 Å². The first-order valence-electron chi connectivity index (χ1n) is 3.80. The van der Waals surface area contributed by atoms with Gasteiger partial charge in [-0.25, -0.2) is 4.79 Å². The Labute approximate surface area is 85.7 Å². The van der Waals surface area contributed by atoms with Gasteiger partial charge in [0.05, 0.1) is 12.1 Å². The van der Waals surface area contributed by atoms with Gasteiger partial charge in [0.25, 0.3) is 0 Å². The zero-order valence-corrected chi connectivity index (χ0v) is 8.15. The van der Waals surface area contributed by atoms with Crippen molar-refractivity contribution in [2.24, 2.45) is 0 Å². The zero-order valence-electron chi connectivity index (χ0n) is 7.40. The summed E-state index contributed by atoms with van der Waals surface area (Å²) in [6.45, 7) is 0. The van der Waals surface area contributed by atoms with Crippen LogP contribution in [0.1, 0.15) is 11.7 Å². The van der Waals surface area contributed by atoms with E-state index in [0.29, 0.717) is 10.8 Å². The number of aliphatic carboxylic acids is 1. The van der Waals surface area contributed by atoms with E-state index in [9.17, 15) is 9.90 Å². The Balaban J connectivity index is 3.06. The van der Waals surface area contributed by atoms with E-state index in [2.05, 4.69) is 0 Å². The fraction of sp³-hybridized carbons (Fsp3) is 0.222. The zero-order chi connectivity index (χ0) is 10.7. The van der Waals surface area contributed by atoms with Gasteiger partial charge in [-0.2, -0.15) is 0 Å². The van der Waals surface area contributed by atoms with Gasteiger partial charge >= 0.3 is 5.97 Å². The van der Waals surface area contributed by atoms with E-state index in [-0.39, 0.29) is 5.56 Å². The van der Waals surface area contributed by atoms with Crippen molar-refractivity contribution < 1.29 is 19.7 Å². The van der Waals surface area contributed by atoms with E-state index < -0.39 is 12.1 Å². The molecule has 1 aromatic carbocycles. The third-order valence-corrected chi connectivity index (χ3v) is 2.04. The fourth-order valence-corrected chi connectivity index (χ4v) is 1.18. The molecular weight excluding hydrogens is 208 g/mol. The molecule has 0 aliphatic heterocycles. The molecule has 0 saturated heterocycles. The quantitative estimate of drug-likeness (QED) is 0.803. The van der Waals surface area contributed by atoms with Crippen LogP contribution in [0.5, 0.6) is 5.75 Å². The highest BCUT2D eigenvalue weighted by atomic mass is 35.5. The number of ether oxygens (including phenoxy) is 1. The Morgan fingerprint density at radius 3 is 2.71 bits per heavy atom. The average molecular weight is 217 g/mol. The van der Waals surface area contributed by atoms with Crippen LogP contribution in [-0.2, 0) is 4.79 Å². The summed E-state index contributed by atoms with van der Waals surface area (Å²) in [6.07, 6.45) is -1.55. The Kier molecular flexibility index (Phi) is 3.33. The van der Waals surface area contributed by atoms with E-state index >= 15 is 0 Å². The Morgan fingerprint density at radius 1 is 1.57 bits per heavy atom. The summed E-state index contributed by atoms with van der Waals surface area (Å²) in [7, 11) is 1.41. The first-order chi connectivity index (χ1) is 6.56. The Morgan fingerprint density at radius 2 is 2.21 bits per heavy atom. The van der Waals surface area contributed by atoms with E-state index in [0.717, 1.165) is 0 Å². The minimum absolute atomic E-state index is 0.235. The molecule has 5 heteroatoms. The van der Waals surface area contributed by atoms with Gasteiger partial charge in [0.2, 0.25) is 0 Å². The number of benzene rings is 1. The molecular formula is C9H9ClO4. The predicted molar refractivity (Wildman–Crippen MR) is 50.6 cm³/mol. The van der Waals surface area contributed by atoms with E-state index in [1.165, 1.54) is 25.3 Å². The second-order valence-corrected chi connectivity index (χ2v) is 3.04. The molecule has 1 atom stereocenters. The molecule has 0 radical (unpaired) electrons. The smallest absolute Gasteiger partial charge is 0.337 e. The molecule has 2 N–H and O–H groups in total. The normalized spacial score (nSPS) is 12.2. The number of halogens is 1. The first kappa shape index (κ1) is 10.8. The van der Waals surface area contributed by atoms with Crippen LogP contribution in [0.4, 0.5) is 0 Å². The molecule has 0 aliphatic carbocycles. The van der Waals surface area contributed by atoms with E-state index in [1.807, 2.05) is 0 Å². The average Bonchev–Trinajstić information content (AvgIpc) is 2.17. The topological polar surface area (TPSA) is 66.8 Å². The molecule has 0 saturated carbocycles. The second-order valence-electron chi connectivity index (χ2n) is 2.63. The SMILES string of the molecule is COc1cc(C(O)C(=O)O)ccc1Cl. The maximum Gasteiger partial charge on any atom is 0.337 e. The second kappa shape index (κ2) is 4.30. The van der Waals surface area contributed by atoms with Gasteiger partial charge in [0.15, 0.2) is 6.10 Å². The van der Waals surface area contributed by atoms with Crippen LogP contribution in [-0.4, -0.2) is 23.3 Å². The highest BCUT2D eigenvalue weighted by Gasteiger charge is 2.17. The molecule has 0 spiro atoms. The third-order valence-electron chi connectivity index (χ3n) is 1.72. The molecule has 76 valence electrons. The van der Waals surface area contributed by atoms with Gasteiger partial charge in [0, 0.05) is 0 Å². The largest absolute Gasteiger partial charge is 0.495 e. The number of hydrogen-bond donors (Lipinski definition) is 2. The summed E-state index contributed by atoms with van der Waals surface area (Å²) >= 11 is 5.73. The van der Waals surface area contributed by atoms with Crippen molar-refractivity contribution >= 4 is 17.6 Å². The number of carboxylic acids is 1. The fourth-order valence-electron chi connectivity index (χ4n) is 0.989. The van der Waals surface area contributed by atoms with Crippen molar-refractivity contribution in [3.8, 4) is 5.75 Å². The molecule has 1 unspecified atom stereocenters. The summed E-state index contributed by atoms with van der Waals surface area (Å²) in [4.78, 5) is 10.5.